The number of hydrogen-bond acceptors (Lipinski definition) is 4. The molecule has 2 N–H and O–H groups in total. The predicted molar refractivity (Wildman–Crippen MR) is 97.4 cm³/mol. The van der Waals surface area contributed by atoms with E-state index in [4.69, 9.17) is 26.8 Å². The topological polar surface area (TPSA) is 70.4 Å². The van der Waals surface area contributed by atoms with Crippen LogP contribution in [0.3, 0.4) is 0 Å². The first-order chi connectivity index (χ1) is 12.5. The van der Waals surface area contributed by atoms with E-state index in [-0.39, 0.29) is 19.1 Å². The van der Waals surface area contributed by atoms with Gasteiger partial charge in [0.25, 0.3) is 0 Å². The fourth-order valence-electron chi connectivity index (χ4n) is 2.95. The number of benzene rings is 2. The molecule has 6 nitrogen and oxygen atoms in total. The van der Waals surface area contributed by atoms with Crippen LogP contribution in [0.1, 0.15) is 10.4 Å². The summed E-state index contributed by atoms with van der Waals surface area (Å²) in [6.45, 7) is 0.310. The third-order valence-electron chi connectivity index (χ3n) is 4.43. The van der Waals surface area contributed by atoms with Crippen LogP contribution in [-0.4, -0.2) is 17.1 Å². The number of nitrogens with zero attached hydrogens (tertiary/aromatic N) is 2. The van der Waals surface area contributed by atoms with Crippen molar-refractivity contribution in [3.8, 4) is 22.8 Å². The first-order valence-electron chi connectivity index (χ1n) is 8.06. The summed E-state index contributed by atoms with van der Waals surface area (Å²) in [6, 6.07) is 12.7. The van der Waals surface area contributed by atoms with Crippen LogP contribution in [0.5, 0.6) is 11.5 Å². The van der Waals surface area contributed by atoms with Gasteiger partial charge in [0, 0.05) is 16.1 Å². The highest BCUT2D eigenvalue weighted by Crippen LogP contribution is 2.32. The van der Waals surface area contributed by atoms with Crippen LogP contribution in [0, 0.1) is 0 Å². The highest BCUT2D eigenvalue weighted by molar-refractivity contribution is 6.30. The summed E-state index contributed by atoms with van der Waals surface area (Å²) in [6.07, 6.45) is 1.86. The maximum atomic E-state index is 12.7. The summed E-state index contributed by atoms with van der Waals surface area (Å²) in [5.74, 6) is 1.67. The molecule has 2 aromatic carbocycles. The lowest BCUT2D eigenvalue weighted by atomic mass is 10.1. The molecule has 0 fully saturated rings. The zero-order chi connectivity index (χ0) is 18.3. The highest BCUT2D eigenvalue weighted by Gasteiger charge is 2.22. The minimum Gasteiger partial charge on any atom is -0.454 e. The number of ether oxygens (including phenoxy) is 2. The molecule has 0 radical (unpaired) electrons. The van der Waals surface area contributed by atoms with Crippen molar-refractivity contribution in [2.24, 2.45) is 7.05 Å². The summed E-state index contributed by atoms with van der Waals surface area (Å²) in [4.78, 5) is 12.7. The minimum atomic E-state index is -0.0618. The fourth-order valence-corrected chi connectivity index (χ4v) is 3.07. The molecular weight excluding hydrogens is 354 g/mol. The van der Waals surface area contributed by atoms with E-state index >= 15 is 0 Å². The molecule has 0 aliphatic carbocycles. The van der Waals surface area contributed by atoms with Crippen molar-refractivity contribution in [2.45, 2.75) is 6.54 Å². The lowest BCUT2D eigenvalue weighted by molar-refractivity contribution is -0.667. The van der Waals surface area contributed by atoms with Crippen molar-refractivity contribution < 1.29 is 18.8 Å². The maximum absolute atomic E-state index is 12.7. The van der Waals surface area contributed by atoms with Crippen molar-refractivity contribution in [3.63, 3.8) is 0 Å². The van der Waals surface area contributed by atoms with Gasteiger partial charge in [0.1, 0.15) is 18.4 Å². The first kappa shape index (κ1) is 16.5. The zero-order valence-corrected chi connectivity index (χ0v) is 14.9. The van der Waals surface area contributed by atoms with Gasteiger partial charge in [-0.25, -0.2) is 9.13 Å². The van der Waals surface area contributed by atoms with Gasteiger partial charge >= 0.3 is 5.95 Å². The molecule has 4 rings (SSSR count). The maximum Gasteiger partial charge on any atom is 0.355 e. The Labute approximate surface area is 155 Å². The Balaban J connectivity index is 1.61. The van der Waals surface area contributed by atoms with E-state index in [0.29, 0.717) is 28.0 Å². The number of carbonyl (C=O) groups is 1. The number of nitrogens with two attached hydrogens (primary N) is 1. The van der Waals surface area contributed by atoms with Crippen molar-refractivity contribution >= 4 is 23.3 Å². The van der Waals surface area contributed by atoms with Crippen molar-refractivity contribution in [3.05, 3.63) is 59.2 Å². The van der Waals surface area contributed by atoms with Crippen LogP contribution in [0.2, 0.25) is 5.02 Å². The van der Waals surface area contributed by atoms with E-state index in [1.54, 1.807) is 22.8 Å². The first-order valence-corrected chi connectivity index (χ1v) is 8.44. The lowest BCUT2D eigenvalue weighted by Gasteiger charge is -2.02. The van der Waals surface area contributed by atoms with Crippen LogP contribution in [0.4, 0.5) is 5.95 Å². The van der Waals surface area contributed by atoms with E-state index in [1.807, 2.05) is 42.1 Å². The molecule has 1 aliphatic rings. The summed E-state index contributed by atoms with van der Waals surface area (Å²) in [5, 5.41) is 0.668. The average Bonchev–Trinajstić information content (AvgIpc) is 3.22. The van der Waals surface area contributed by atoms with E-state index < -0.39 is 0 Å². The highest BCUT2D eigenvalue weighted by atomic mass is 35.5. The van der Waals surface area contributed by atoms with Gasteiger partial charge in [0.05, 0.1) is 7.05 Å². The van der Waals surface area contributed by atoms with Gasteiger partial charge in [-0.05, 0) is 42.5 Å². The average molecular weight is 371 g/mol. The number of hydrogen-bond donors (Lipinski definition) is 1. The number of anilines is 1. The van der Waals surface area contributed by atoms with E-state index in [0.717, 1.165) is 11.3 Å². The van der Waals surface area contributed by atoms with Gasteiger partial charge < -0.3 is 9.47 Å². The molecule has 0 atom stereocenters. The Morgan fingerprint density at radius 2 is 1.92 bits per heavy atom. The SMILES string of the molecule is Cn1c(-c2ccc(Cl)cc2)c[n+](CC(=O)c2ccc3c(c2)OCO3)c1N. The standard InChI is InChI=1S/C19H16ClN3O3/c1-22-15(12-2-5-14(20)6-3-12)9-23(19(22)21)10-16(24)13-4-7-17-18(8-13)26-11-25-17/h2-9,21H,10-11H2,1H3/p+1. The fraction of sp³-hybridized carbons (Fsp3) is 0.158. The molecular formula is C19H17ClN3O3+. The van der Waals surface area contributed by atoms with Gasteiger partial charge in [0.15, 0.2) is 17.3 Å². The van der Waals surface area contributed by atoms with Gasteiger partial charge in [-0.1, -0.05) is 11.6 Å². The largest absolute Gasteiger partial charge is 0.454 e. The second-order valence-corrected chi connectivity index (χ2v) is 6.49. The Kier molecular flexibility index (Phi) is 4.05. The van der Waals surface area contributed by atoms with Crippen LogP contribution >= 0.6 is 11.6 Å². The monoisotopic (exact) mass is 370 g/mol. The molecule has 3 aromatic rings. The van der Waals surface area contributed by atoms with Gasteiger partial charge in [-0.15, -0.1) is 0 Å². The number of nitrogen functional groups attached to an aromatic ring is 1. The molecule has 7 heteroatoms. The molecule has 0 saturated heterocycles. The van der Waals surface area contributed by atoms with Crippen LogP contribution in [0.25, 0.3) is 11.3 Å². The summed E-state index contributed by atoms with van der Waals surface area (Å²) in [7, 11) is 1.86. The minimum absolute atomic E-state index is 0.0618. The Morgan fingerprint density at radius 1 is 1.19 bits per heavy atom. The van der Waals surface area contributed by atoms with E-state index in [9.17, 15) is 4.79 Å². The van der Waals surface area contributed by atoms with Gasteiger partial charge in [0.2, 0.25) is 6.79 Å². The number of fused-ring (bicyclic) bond motifs is 1. The zero-order valence-electron chi connectivity index (χ0n) is 14.1. The summed E-state index contributed by atoms with van der Waals surface area (Å²) >= 11 is 5.95. The molecule has 1 aliphatic heterocycles. The molecule has 1 aromatic heterocycles. The molecule has 26 heavy (non-hydrogen) atoms. The Hall–Kier alpha value is -2.99. The Morgan fingerprint density at radius 3 is 2.69 bits per heavy atom. The summed E-state index contributed by atoms with van der Waals surface area (Å²) in [5.41, 5.74) is 8.61. The second kappa shape index (κ2) is 6.38. The Bertz CT molecular complexity index is 996. The number of imidazole rings is 1. The third-order valence-corrected chi connectivity index (χ3v) is 4.68. The predicted octanol–water partition coefficient (Wildman–Crippen LogP) is 2.83. The molecule has 0 unspecified atom stereocenters. The lowest BCUT2D eigenvalue weighted by Crippen LogP contribution is -2.39. The molecule has 0 saturated carbocycles. The molecule has 0 spiro atoms. The van der Waals surface area contributed by atoms with Gasteiger partial charge in [-0.2, -0.15) is 0 Å². The molecule has 2 heterocycles. The second-order valence-electron chi connectivity index (χ2n) is 6.06. The molecule has 0 bridgehead atoms. The molecule has 132 valence electrons. The third kappa shape index (κ3) is 2.88. The number of Topliss-reactive ketones (excluding diaryl/α,β-unsaturated/α-hetero) is 1. The van der Waals surface area contributed by atoms with Crippen LogP contribution < -0.4 is 19.8 Å². The van der Waals surface area contributed by atoms with Crippen LogP contribution in [-0.2, 0) is 13.6 Å². The number of halogens is 1. The van der Waals surface area contributed by atoms with Gasteiger partial charge in [-0.3, -0.25) is 10.5 Å². The normalized spacial score (nSPS) is 12.4. The van der Waals surface area contributed by atoms with Crippen molar-refractivity contribution in [1.29, 1.82) is 0 Å². The summed E-state index contributed by atoms with van der Waals surface area (Å²) < 4.78 is 14.2. The quantitative estimate of drug-likeness (QED) is 0.566. The van der Waals surface area contributed by atoms with E-state index in [1.165, 1.54) is 0 Å². The van der Waals surface area contributed by atoms with Crippen molar-refractivity contribution in [2.75, 3.05) is 12.5 Å². The van der Waals surface area contributed by atoms with Crippen LogP contribution in [0.15, 0.2) is 48.7 Å². The number of rotatable bonds is 4. The van der Waals surface area contributed by atoms with Crippen molar-refractivity contribution in [1.82, 2.24) is 4.57 Å². The number of carbonyl (C=O) groups excluding carboxylic acids is 1. The number of ketones is 1. The number of aromatic nitrogens is 2. The smallest absolute Gasteiger partial charge is 0.355 e. The van der Waals surface area contributed by atoms with E-state index in [2.05, 4.69) is 0 Å². The molecule has 0 amide bonds.